The number of benzene rings is 2. The average molecular weight is 686 g/mol. The maximum Gasteiger partial charge on any atom is 0.340 e. The van der Waals surface area contributed by atoms with Gasteiger partial charge in [-0.3, -0.25) is 23.9 Å². The molecule has 1 amide bonds. The second kappa shape index (κ2) is 18.2. The summed E-state index contributed by atoms with van der Waals surface area (Å²) in [5.41, 5.74) is 2.97. The quantitative estimate of drug-likeness (QED) is 0.209. The number of sulfonamides is 1. The Labute approximate surface area is 279 Å². The van der Waals surface area contributed by atoms with Crippen LogP contribution in [0.4, 0.5) is 0 Å². The Bertz CT molecular complexity index is 1800. The molecule has 254 valence electrons. The Hall–Kier alpha value is -4.27. The Morgan fingerprint density at radius 2 is 1.60 bits per heavy atom. The number of carbonyl (C=O) groups excluding carboxylic acids is 2. The highest BCUT2D eigenvalue weighted by Gasteiger charge is 2.28. The first-order chi connectivity index (χ1) is 22.3. The van der Waals surface area contributed by atoms with E-state index >= 15 is 0 Å². The minimum absolute atomic E-state index is 0.0200. The van der Waals surface area contributed by atoms with Crippen LogP contribution in [0, 0.1) is 6.92 Å². The maximum absolute atomic E-state index is 12.7. The molecule has 4 rings (SSSR count). The van der Waals surface area contributed by atoms with Crippen LogP contribution >= 0.6 is 11.8 Å². The first-order valence-electron chi connectivity index (χ1n) is 15.1. The number of carboxylic acids is 1. The molecular weight excluding hydrogens is 643 g/mol. The summed E-state index contributed by atoms with van der Waals surface area (Å²) in [6, 6.07) is 16.8. The van der Waals surface area contributed by atoms with Gasteiger partial charge in [-0.2, -0.15) is 4.31 Å². The van der Waals surface area contributed by atoms with Crippen LogP contribution < -0.4 is 11.0 Å². The third-order valence-electron chi connectivity index (χ3n) is 6.48. The van der Waals surface area contributed by atoms with Gasteiger partial charge in [0.05, 0.1) is 29.1 Å². The van der Waals surface area contributed by atoms with Gasteiger partial charge in [-0.05, 0) is 50.2 Å². The molecule has 4 aromatic rings. The zero-order valence-electron chi connectivity index (χ0n) is 27.7. The summed E-state index contributed by atoms with van der Waals surface area (Å²) in [5.74, 6) is -1.99. The molecule has 0 aliphatic carbocycles. The van der Waals surface area contributed by atoms with E-state index < -0.39 is 34.5 Å². The van der Waals surface area contributed by atoms with Crippen LogP contribution in [0.1, 0.15) is 58.3 Å². The summed E-state index contributed by atoms with van der Waals surface area (Å²) in [7, 11) is -3.91. The molecule has 0 saturated carbocycles. The van der Waals surface area contributed by atoms with Gasteiger partial charge in [0.1, 0.15) is 10.9 Å². The maximum atomic E-state index is 12.7. The summed E-state index contributed by atoms with van der Waals surface area (Å²) in [6.45, 7) is 12.4. The van der Waals surface area contributed by atoms with Crippen molar-refractivity contribution in [3.05, 3.63) is 89.1 Å². The lowest BCUT2D eigenvalue weighted by molar-refractivity contribution is -0.141. The van der Waals surface area contributed by atoms with Crippen LogP contribution in [-0.2, 0) is 19.6 Å². The minimum Gasteiger partial charge on any atom is -0.480 e. The van der Waals surface area contributed by atoms with E-state index in [0.29, 0.717) is 11.9 Å². The average Bonchev–Trinajstić information content (AvgIpc) is 3.36. The van der Waals surface area contributed by atoms with Crippen molar-refractivity contribution in [1.82, 2.24) is 23.7 Å². The van der Waals surface area contributed by atoms with Gasteiger partial charge in [-0.15, -0.1) is 11.8 Å². The summed E-state index contributed by atoms with van der Waals surface area (Å²) < 4.78 is 29.2. The highest BCUT2D eigenvalue weighted by Crippen LogP contribution is 2.20. The molecule has 0 aliphatic rings. The molecule has 2 heterocycles. The topological polar surface area (TPSA) is 161 Å². The van der Waals surface area contributed by atoms with E-state index in [1.807, 2.05) is 77.1 Å². The Kier molecular flexibility index (Phi) is 15.0. The lowest BCUT2D eigenvalue weighted by Gasteiger charge is -2.22. The monoisotopic (exact) mass is 685 g/mol. The molecular formula is C33H43N5O7S2. The van der Waals surface area contributed by atoms with Crippen molar-refractivity contribution in [2.24, 2.45) is 0 Å². The normalized spacial score (nSPS) is 11.7. The molecule has 0 spiro atoms. The predicted molar refractivity (Wildman–Crippen MR) is 186 cm³/mol. The van der Waals surface area contributed by atoms with Gasteiger partial charge in [-0.1, -0.05) is 64.4 Å². The summed E-state index contributed by atoms with van der Waals surface area (Å²) in [4.78, 5) is 51.3. The highest BCUT2D eigenvalue weighted by molar-refractivity contribution is 8.00. The van der Waals surface area contributed by atoms with E-state index in [4.69, 9.17) is 5.11 Å². The zero-order chi connectivity index (χ0) is 35.3. The van der Waals surface area contributed by atoms with E-state index in [1.165, 1.54) is 47.8 Å². The van der Waals surface area contributed by atoms with Crippen molar-refractivity contribution in [3.8, 4) is 5.69 Å². The number of nitrogens with zero attached hydrogens (tertiary/aromatic N) is 4. The van der Waals surface area contributed by atoms with Crippen LogP contribution in [0.2, 0.25) is 0 Å². The van der Waals surface area contributed by atoms with Crippen LogP contribution in [-0.4, -0.2) is 73.4 Å². The van der Waals surface area contributed by atoms with E-state index in [-0.39, 0.29) is 27.6 Å². The zero-order valence-corrected chi connectivity index (χ0v) is 29.3. The number of aryl methyl sites for hydroxylation is 1. The SMILES string of the molecule is CC.CC(C)SCN(CC(=O)NC(C)C(=O)O)S(=O)(=O)c1cccnc1.CCC(=O)n1c(=O)n(-c2ccc(C)cc2)c2ccccc21. The molecule has 47 heavy (non-hydrogen) atoms. The lowest BCUT2D eigenvalue weighted by atomic mass is 10.2. The van der Waals surface area contributed by atoms with Crippen molar-refractivity contribution in [1.29, 1.82) is 0 Å². The lowest BCUT2D eigenvalue weighted by Crippen LogP contribution is -2.45. The molecule has 0 aliphatic heterocycles. The first kappa shape index (κ1) is 38.9. The number of carbonyl (C=O) groups is 3. The van der Waals surface area contributed by atoms with Gasteiger partial charge in [0.25, 0.3) is 0 Å². The number of amides is 1. The number of aromatic nitrogens is 3. The number of pyridine rings is 1. The van der Waals surface area contributed by atoms with Gasteiger partial charge < -0.3 is 10.4 Å². The molecule has 1 atom stereocenters. The second-order valence-corrected chi connectivity index (χ2v) is 13.8. The van der Waals surface area contributed by atoms with Crippen LogP contribution in [0.5, 0.6) is 0 Å². The molecule has 0 radical (unpaired) electrons. The van der Waals surface area contributed by atoms with Crippen molar-refractivity contribution < 1.29 is 27.9 Å². The van der Waals surface area contributed by atoms with E-state index in [9.17, 15) is 27.6 Å². The molecule has 2 N–H and O–H groups in total. The fourth-order valence-electron chi connectivity index (χ4n) is 4.08. The van der Waals surface area contributed by atoms with Crippen molar-refractivity contribution >= 4 is 50.6 Å². The highest BCUT2D eigenvalue weighted by atomic mass is 32.2. The number of para-hydroxylation sites is 2. The van der Waals surface area contributed by atoms with Crippen LogP contribution in [0.15, 0.2) is 82.7 Å². The van der Waals surface area contributed by atoms with E-state index in [1.54, 1.807) is 17.6 Å². The Morgan fingerprint density at radius 1 is 0.979 bits per heavy atom. The third kappa shape index (κ3) is 10.4. The number of aliphatic carboxylic acids is 1. The van der Waals surface area contributed by atoms with Crippen LogP contribution in [0.25, 0.3) is 16.7 Å². The van der Waals surface area contributed by atoms with Crippen molar-refractivity contribution in [2.75, 3.05) is 12.4 Å². The number of carboxylic acid groups (broad SMARTS) is 1. The largest absolute Gasteiger partial charge is 0.480 e. The molecule has 0 bridgehead atoms. The molecule has 2 aromatic heterocycles. The van der Waals surface area contributed by atoms with Crippen molar-refractivity contribution in [3.63, 3.8) is 0 Å². The van der Waals surface area contributed by atoms with Gasteiger partial charge in [0.2, 0.25) is 21.8 Å². The van der Waals surface area contributed by atoms with Gasteiger partial charge >= 0.3 is 11.7 Å². The van der Waals surface area contributed by atoms with E-state index in [0.717, 1.165) is 21.1 Å². The van der Waals surface area contributed by atoms with Crippen molar-refractivity contribution in [2.45, 2.75) is 71.1 Å². The number of nitrogens with one attached hydrogen (secondary N) is 1. The van der Waals surface area contributed by atoms with Gasteiger partial charge in [0, 0.05) is 24.1 Å². The molecule has 12 nitrogen and oxygen atoms in total. The number of hydrogen-bond acceptors (Lipinski definition) is 8. The molecule has 2 aromatic carbocycles. The summed E-state index contributed by atoms with van der Waals surface area (Å²) in [5, 5.41) is 11.2. The predicted octanol–water partition coefficient (Wildman–Crippen LogP) is 4.94. The van der Waals surface area contributed by atoms with Crippen LogP contribution in [0.3, 0.4) is 0 Å². The smallest absolute Gasteiger partial charge is 0.340 e. The first-order valence-corrected chi connectivity index (χ1v) is 17.6. The minimum atomic E-state index is -3.91. The van der Waals surface area contributed by atoms with Gasteiger partial charge in [0.15, 0.2) is 0 Å². The number of rotatable bonds is 11. The number of fused-ring (bicyclic) bond motifs is 1. The summed E-state index contributed by atoms with van der Waals surface area (Å²) >= 11 is 1.36. The molecule has 14 heteroatoms. The fraction of sp³-hybridized carbons (Fsp3) is 0.364. The van der Waals surface area contributed by atoms with Gasteiger partial charge in [-0.25, -0.2) is 17.8 Å². The second-order valence-electron chi connectivity index (χ2n) is 10.3. The van der Waals surface area contributed by atoms with E-state index in [2.05, 4.69) is 10.3 Å². The molecule has 1 unspecified atom stereocenters. The third-order valence-corrected chi connectivity index (χ3v) is 9.55. The standard InChI is InChI=1S/C17H16N2O2.C14H21N3O5S2.C2H6/c1-3-16(20)19-15-7-5-4-6-14(15)18(17(19)21)13-10-8-12(2)9-11-13;1-10(2)23-9-17(8-13(18)16-11(3)14(19)20)24(21,22)12-5-4-6-15-7-12;1-2/h4-11H,3H2,1-2H3;4-7,10-11H,8-9H2,1-3H3,(H,16,18)(H,19,20);1-2H3. The number of thioether (sulfide) groups is 1. The summed E-state index contributed by atoms with van der Waals surface area (Å²) in [6.07, 6.45) is 2.95. The molecule has 0 fully saturated rings. The number of hydrogen-bond donors (Lipinski definition) is 2. The fourth-order valence-corrected chi connectivity index (χ4v) is 6.40. The number of imidazole rings is 1. The molecule has 0 saturated heterocycles. The Balaban J connectivity index is 0.000000312. The Morgan fingerprint density at radius 3 is 2.13 bits per heavy atom.